The van der Waals surface area contributed by atoms with Crippen molar-refractivity contribution in [2.45, 2.75) is 26.4 Å². The van der Waals surface area contributed by atoms with E-state index in [4.69, 9.17) is 23.2 Å². The average Bonchev–Trinajstić information content (AvgIpc) is 2.24. The molecule has 16 heavy (non-hydrogen) atoms. The maximum Gasteiger partial charge on any atom is 0.142 e. The van der Waals surface area contributed by atoms with Crippen LogP contribution in [0.3, 0.4) is 0 Å². The molecular formula is C12H16Cl2FN. The van der Waals surface area contributed by atoms with E-state index in [-0.39, 0.29) is 16.9 Å². The van der Waals surface area contributed by atoms with E-state index in [0.717, 1.165) is 5.56 Å². The maximum atomic E-state index is 13.2. The maximum absolute atomic E-state index is 13.2. The van der Waals surface area contributed by atoms with Gasteiger partial charge in [-0.25, -0.2) is 4.39 Å². The zero-order valence-corrected chi connectivity index (χ0v) is 10.9. The Morgan fingerprint density at radius 2 is 2.06 bits per heavy atom. The molecule has 1 rings (SSSR count). The van der Waals surface area contributed by atoms with E-state index in [1.807, 2.05) is 6.07 Å². The van der Waals surface area contributed by atoms with Crippen molar-refractivity contribution in [3.05, 3.63) is 34.6 Å². The van der Waals surface area contributed by atoms with Gasteiger partial charge in [0.05, 0.1) is 5.02 Å². The molecular weight excluding hydrogens is 248 g/mol. The third-order valence-electron chi connectivity index (χ3n) is 2.56. The minimum absolute atomic E-state index is 0.187. The summed E-state index contributed by atoms with van der Waals surface area (Å²) in [5, 5.41) is 3.46. The highest BCUT2D eigenvalue weighted by Gasteiger charge is 2.12. The highest BCUT2D eigenvalue weighted by molar-refractivity contribution is 6.31. The van der Waals surface area contributed by atoms with Gasteiger partial charge in [-0.3, -0.25) is 0 Å². The van der Waals surface area contributed by atoms with E-state index in [1.165, 1.54) is 6.07 Å². The van der Waals surface area contributed by atoms with Crippen molar-refractivity contribution in [1.29, 1.82) is 0 Å². The van der Waals surface area contributed by atoms with Gasteiger partial charge in [0.25, 0.3) is 0 Å². The molecule has 0 aliphatic rings. The fraction of sp³-hybridized carbons (Fsp3) is 0.500. The van der Waals surface area contributed by atoms with Gasteiger partial charge in [0.2, 0.25) is 0 Å². The molecule has 1 atom stereocenters. The molecule has 1 aromatic rings. The van der Waals surface area contributed by atoms with Crippen molar-refractivity contribution >= 4 is 23.2 Å². The van der Waals surface area contributed by atoms with Gasteiger partial charge in [-0.15, -0.1) is 11.6 Å². The lowest BCUT2D eigenvalue weighted by molar-refractivity contribution is 0.430. The van der Waals surface area contributed by atoms with E-state index in [2.05, 4.69) is 19.2 Å². The van der Waals surface area contributed by atoms with Crippen molar-refractivity contribution in [2.75, 3.05) is 5.88 Å². The molecule has 0 aromatic heterocycles. The summed E-state index contributed by atoms with van der Waals surface area (Å²) in [6.45, 7) is 4.71. The van der Waals surface area contributed by atoms with E-state index in [0.29, 0.717) is 18.3 Å². The van der Waals surface area contributed by atoms with Crippen LogP contribution in [0.2, 0.25) is 5.02 Å². The smallest absolute Gasteiger partial charge is 0.142 e. The first-order valence-corrected chi connectivity index (χ1v) is 6.19. The fourth-order valence-electron chi connectivity index (χ4n) is 1.39. The third kappa shape index (κ3) is 3.62. The number of alkyl halides is 1. The van der Waals surface area contributed by atoms with Crippen LogP contribution in [0, 0.1) is 11.7 Å². The minimum atomic E-state index is -0.382. The van der Waals surface area contributed by atoms with Crippen LogP contribution < -0.4 is 5.32 Å². The minimum Gasteiger partial charge on any atom is -0.308 e. The topological polar surface area (TPSA) is 12.0 Å². The summed E-state index contributed by atoms with van der Waals surface area (Å²) >= 11 is 11.7. The van der Waals surface area contributed by atoms with E-state index in [1.54, 1.807) is 6.07 Å². The molecule has 0 fully saturated rings. The molecule has 0 saturated heterocycles. The number of rotatable bonds is 5. The molecule has 1 unspecified atom stereocenters. The zero-order valence-electron chi connectivity index (χ0n) is 9.43. The third-order valence-corrected chi connectivity index (χ3v) is 3.31. The molecule has 0 amide bonds. The Balaban J connectivity index is 2.64. The Hall–Kier alpha value is -0.310. The summed E-state index contributed by atoms with van der Waals surface area (Å²) in [6, 6.07) is 5.03. The van der Waals surface area contributed by atoms with Gasteiger partial charge in [0.1, 0.15) is 5.82 Å². The van der Waals surface area contributed by atoms with E-state index in [9.17, 15) is 4.39 Å². The van der Waals surface area contributed by atoms with Crippen molar-refractivity contribution in [3.63, 3.8) is 0 Å². The predicted octanol–water partition coefficient (Wildman–Crippen LogP) is 3.83. The van der Waals surface area contributed by atoms with Gasteiger partial charge in [-0.05, 0) is 17.5 Å². The largest absolute Gasteiger partial charge is 0.308 e. The van der Waals surface area contributed by atoms with Crippen molar-refractivity contribution < 1.29 is 4.39 Å². The van der Waals surface area contributed by atoms with E-state index >= 15 is 0 Å². The van der Waals surface area contributed by atoms with Crippen LogP contribution in [0.4, 0.5) is 4.39 Å². The second-order valence-corrected chi connectivity index (χ2v) is 4.79. The number of nitrogens with one attached hydrogen (secondary N) is 1. The Kier molecular flexibility index (Phi) is 5.53. The lowest BCUT2D eigenvalue weighted by atomic mass is 10.1. The number of halogens is 3. The number of benzene rings is 1. The molecule has 1 aromatic carbocycles. The van der Waals surface area contributed by atoms with Crippen LogP contribution in [-0.2, 0) is 6.54 Å². The Morgan fingerprint density at radius 3 is 2.62 bits per heavy atom. The van der Waals surface area contributed by atoms with Gasteiger partial charge in [0, 0.05) is 18.5 Å². The summed E-state index contributed by atoms with van der Waals surface area (Å²) in [6.07, 6.45) is 0. The van der Waals surface area contributed by atoms with Crippen LogP contribution in [0.1, 0.15) is 19.4 Å². The van der Waals surface area contributed by atoms with Crippen LogP contribution >= 0.6 is 23.2 Å². The molecule has 0 spiro atoms. The molecule has 1 N–H and O–H groups in total. The Morgan fingerprint density at radius 1 is 1.38 bits per heavy atom. The highest BCUT2D eigenvalue weighted by atomic mass is 35.5. The molecule has 4 heteroatoms. The summed E-state index contributed by atoms with van der Waals surface area (Å²) in [4.78, 5) is 0. The van der Waals surface area contributed by atoms with Crippen LogP contribution in [0.5, 0.6) is 0 Å². The first-order chi connectivity index (χ1) is 7.56. The van der Waals surface area contributed by atoms with Crippen LogP contribution in [0.25, 0.3) is 0 Å². The molecule has 0 bridgehead atoms. The molecule has 0 radical (unpaired) electrons. The van der Waals surface area contributed by atoms with Gasteiger partial charge in [-0.1, -0.05) is 37.6 Å². The monoisotopic (exact) mass is 263 g/mol. The quantitative estimate of drug-likeness (QED) is 0.797. The summed E-state index contributed by atoms with van der Waals surface area (Å²) in [5.74, 6) is 0.586. The summed E-state index contributed by atoms with van der Waals surface area (Å²) in [5.41, 5.74) is 0.762. The molecule has 90 valence electrons. The SMILES string of the molecule is CC(C)C(CCl)NCc1cccc(F)c1Cl. The van der Waals surface area contributed by atoms with Gasteiger partial charge >= 0.3 is 0 Å². The number of hydrogen-bond acceptors (Lipinski definition) is 1. The normalized spacial score (nSPS) is 13.1. The number of hydrogen-bond donors (Lipinski definition) is 1. The standard InChI is InChI=1S/C12H16Cl2FN/c1-8(2)11(6-13)16-7-9-4-3-5-10(15)12(9)14/h3-5,8,11,16H,6-7H2,1-2H3. The second kappa shape index (κ2) is 6.43. The van der Waals surface area contributed by atoms with Crippen LogP contribution in [0.15, 0.2) is 18.2 Å². The zero-order chi connectivity index (χ0) is 12.1. The molecule has 0 heterocycles. The fourth-order valence-corrected chi connectivity index (χ4v) is 2.05. The van der Waals surface area contributed by atoms with E-state index < -0.39 is 0 Å². The average molecular weight is 264 g/mol. The van der Waals surface area contributed by atoms with Crippen molar-refractivity contribution in [3.8, 4) is 0 Å². The van der Waals surface area contributed by atoms with Gasteiger partial charge in [-0.2, -0.15) is 0 Å². The molecule has 1 nitrogen and oxygen atoms in total. The first kappa shape index (κ1) is 13.8. The second-order valence-electron chi connectivity index (χ2n) is 4.10. The van der Waals surface area contributed by atoms with Crippen molar-refractivity contribution in [2.24, 2.45) is 5.92 Å². The van der Waals surface area contributed by atoms with Crippen molar-refractivity contribution in [1.82, 2.24) is 5.32 Å². The van der Waals surface area contributed by atoms with Crippen LogP contribution in [-0.4, -0.2) is 11.9 Å². The molecule has 0 aliphatic carbocycles. The summed E-state index contributed by atoms with van der Waals surface area (Å²) in [7, 11) is 0. The lowest BCUT2D eigenvalue weighted by Crippen LogP contribution is -2.35. The van der Waals surface area contributed by atoms with Gasteiger partial charge < -0.3 is 5.32 Å². The van der Waals surface area contributed by atoms with Gasteiger partial charge in [0.15, 0.2) is 0 Å². The Bertz CT molecular complexity index is 342. The molecule has 0 saturated carbocycles. The molecule has 0 aliphatic heterocycles. The first-order valence-electron chi connectivity index (χ1n) is 5.28. The highest BCUT2D eigenvalue weighted by Crippen LogP contribution is 2.19. The predicted molar refractivity (Wildman–Crippen MR) is 67.6 cm³/mol. The lowest BCUT2D eigenvalue weighted by Gasteiger charge is -2.20. The summed E-state index contributed by atoms with van der Waals surface area (Å²) < 4.78 is 13.2. The Labute approximate surface area is 106 Å².